The van der Waals surface area contributed by atoms with Crippen molar-refractivity contribution < 1.29 is 9.52 Å². The van der Waals surface area contributed by atoms with Crippen molar-refractivity contribution in [2.24, 2.45) is 11.8 Å². The van der Waals surface area contributed by atoms with Crippen molar-refractivity contribution >= 4 is 11.0 Å². The fourth-order valence-electron chi connectivity index (χ4n) is 3.66. The van der Waals surface area contributed by atoms with Crippen molar-refractivity contribution in [3.8, 4) is 0 Å². The number of fused-ring (bicyclic) bond motifs is 1. The first-order valence-corrected chi connectivity index (χ1v) is 8.21. The van der Waals surface area contributed by atoms with Gasteiger partial charge in [-0.1, -0.05) is 31.9 Å². The van der Waals surface area contributed by atoms with Gasteiger partial charge < -0.3 is 9.52 Å². The Morgan fingerprint density at radius 1 is 1.19 bits per heavy atom. The molecule has 1 fully saturated rings. The lowest BCUT2D eigenvalue weighted by Gasteiger charge is -2.24. The zero-order chi connectivity index (χ0) is 15.0. The van der Waals surface area contributed by atoms with E-state index < -0.39 is 5.60 Å². The molecule has 1 saturated carbocycles. The molecule has 2 unspecified atom stereocenters. The zero-order valence-corrected chi connectivity index (χ0v) is 13.4. The number of hydrogen-bond acceptors (Lipinski definition) is 2. The first kappa shape index (κ1) is 14.6. The quantitative estimate of drug-likeness (QED) is 0.773. The van der Waals surface area contributed by atoms with Crippen molar-refractivity contribution in [1.82, 2.24) is 0 Å². The summed E-state index contributed by atoms with van der Waals surface area (Å²) in [6.07, 6.45) is 5.02. The Bertz CT molecular complexity index is 626. The summed E-state index contributed by atoms with van der Waals surface area (Å²) in [5, 5.41) is 12.2. The molecule has 0 amide bonds. The van der Waals surface area contributed by atoms with Crippen LogP contribution in [0.3, 0.4) is 0 Å². The van der Waals surface area contributed by atoms with Gasteiger partial charge in [0, 0.05) is 5.39 Å². The highest BCUT2D eigenvalue weighted by molar-refractivity contribution is 5.78. The van der Waals surface area contributed by atoms with E-state index in [1.54, 1.807) is 0 Å². The highest BCUT2D eigenvalue weighted by Gasteiger charge is 2.36. The van der Waals surface area contributed by atoms with Crippen molar-refractivity contribution in [1.29, 1.82) is 0 Å². The van der Waals surface area contributed by atoms with Crippen LogP contribution in [0.25, 0.3) is 11.0 Å². The molecule has 0 bridgehead atoms. The zero-order valence-electron chi connectivity index (χ0n) is 13.4. The fourth-order valence-corrected chi connectivity index (χ4v) is 3.66. The lowest BCUT2D eigenvalue weighted by Crippen LogP contribution is -2.24. The average Bonchev–Trinajstić information content (AvgIpc) is 2.75. The smallest absolute Gasteiger partial charge is 0.136 e. The molecule has 2 atom stereocenters. The summed E-state index contributed by atoms with van der Waals surface area (Å²) in [4.78, 5) is 0. The van der Waals surface area contributed by atoms with Crippen LogP contribution in [0.4, 0.5) is 0 Å². The molecule has 1 aliphatic carbocycles. The fraction of sp³-hybridized carbons (Fsp3) is 0.579. The van der Waals surface area contributed by atoms with Gasteiger partial charge in [-0.05, 0) is 62.6 Å². The van der Waals surface area contributed by atoms with Gasteiger partial charge in [0.15, 0.2) is 0 Å². The number of benzene rings is 1. The Hall–Kier alpha value is -1.28. The van der Waals surface area contributed by atoms with Crippen LogP contribution in [-0.4, -0.2) is 5.11 Å². The maximum Gasteiger partial charge on any atom is 0.136 e. The molecule has 1 heterocycles. The lowest BCUT2D eigenvalue weighted by atomic mass is 9.87. The molecule has 2 aromatic rings. The van der Waals surface area contributed by atoms with Gasteiger partial charge in [0.05, 0.1) is 0 Å². The minimum absolute atomic E-state index is 0.700. The van der Waals surface area contributed by atoms with Crippen LogP contribution in [0.2, 0.25) is 0 Å². The Balaban J connectivity index is 1.89. The molecule has 1 aliphatic rings. The van der Waals surface area contributed by atoms with Crippen molar-refractivity contribution in [2.45, 2.75) is 58.5 Å². The molecule has 114 valence electrons. The van der Waals surface area contributed by atoms with E-state index in [0.29, 0.717) is 5.92 Å². The molecule has 0 saturated heterocycles. The standard InChI is InChI=1S/C19H26O2/c1-13(2)15-5-4-9-19(20,10-8-15)18-12-16-11-14(3)6-7-17(16)21-18/h6-7,11-13,15,20H,4-5,8-10H2,1-3H3. The third-order valence-corrected chi connectivity index (χ3v) is 5.17. The summed E-state index contributed by atoms with van der Waals surface area (Å²) in [6.45, 7) is 6.66. The largest absolute Gasteiger partial charge is 0.458 e. The first-order valence-electron chi connectivity index (χ1n) is 8.21. The molecule has 0 radical (unpaired) electrons. The van der Waals surface area contributed by atoms with E-state index in [0.717, 1.165) is 48.3 Å². The van der Waals surface area contributed by atoms with E-state index in [9.17, 15) is 5.11 Å². The summed E-state index contributed by atoms with van der Waals surface area (Å²) >= 11 is 0. The SMILES string of the molecule is Cc1ccc2oc(C3(O)CCCC(C(C)C)CC3)cc2c1. The van der Waals surface area contributed by atoms with Crippen LogP contribution in [-0.2, 0) is 5.60 Å². The average molecular weight is 286 g/mol. The maximum absolute atomic E-state index is 11.1. The van der Waals surface area contributed by atoms with E-state index in [-0.39, 0.29) is 0 Å². The topological polar surface area (TPSA) is 33.4 Å². The number of aliphatic hydroxyl groups is 1. The predicted octanol–water partition coefficient (Wildman–Crippen LogP) is 5.17. The van der Waals surface area contributed by atoms with Gasteiger partial charge in [-0.25, -0.2) is 0 Å². The summed E-state index contributed by atoms with van der Waals surface area (Å²) in [5.74, 6) is 2.18. The third-order valence-electron chi connectivity index (χ3n) is 5.17. The number of aryl methyl sites for hydroxylation is 1. The Morgan fingerprint density at radius 3 is 2.76 bits per heavy atom. The van der Waals surface area contributed by atoms with Gasteiger partial charge in [0.25, 0.3) is 0 Å². The van der Waals surface area contributed by atoms with Crippen molar-refractivity contribution in [3.05, 3.63) is 35.6 Å². The van der Waals surface area contributed by atoms with Crippen LogP contribution in [0.15, 0.2) is 28.7 Å². The van der Waals surface area contributed by atoms with Gasteiger partial charge >= 0.3 is 0 Å². The Kier molecular flexibility index (Phi) is 3.83. The normalized spacial score (nSPS) is 27.2. The predicted molar refractivity (Wildman–Crippen MR) is 86.3 cm³/mol. The summed E-state index contributed by atoms with van der Waals surface area (Å²) in [7, 11) is 0. The number of hydrogen-bond donors (Lipinski definition) is 1. The molecular formula is C19H26O2. The van der Waals surface area contributed by atoms with Crippen LogP contribution in [0.5, 0.6) is 0 Å². The minimum atomic E-state index is -0.781. The molecule has 2 heteroatoms. The molecule has 2 nitrogen and oxygen atoms in total. The Morgan fingerprint density at radius 2 is 2.00 bits per heavy atom. The molecule has 3 rings (SSSR count). The monoisotopic (exact) mass is 286 g/mol. The second-order valence-electron chi connectivity index (χ2n) is 7.12. The van der Waals surface area contributed by atoms with Gasteiger partial charge in [-0.3, -0.25) is 0 Å². The van der Waals surface area contributed by atoms with E-state index in [1.807, 2.05) is 12.1 Å². The molecular weight excluding hydrogens is 260 g/mol. The van der Waals surface area contributed by atoms with Crippen LogP contribution >= 0.6 is 0 Å². The van der Waals surface area contributed by atoms with E-state index in [2.05, 4.69) is 32.9 Å². The van der Waals surface area contributed by atoms with Crippen LogP contribution in [0, 0.1) is 18.8 Å². The molecule has 21 heavy (non-hydrogen) atoms. The van der Waals surface area contributed by atoms with Crippen molar-refractivity contribution in [3.63, 3.8) is 0 Å². The van der Waals surface area contributed by atoms with E-state index >= 15 is 0 Å². The summed E-state index contributed by atoms with van der Waals surface area (Å²) in [6, 6.07) is 8.23. The van der Waals surface area contributed by atoms with Gasteiger partial charge in [0.1, 0.15) is 16.9 Å². The highest BCUT2D eigenvalue weighted by atomic mass is 16.4. The molecule has 0 spiro atoms. The van der Waals surface area contributed by atoms with Crippen LogP contribution < -0.4 is 0 Å². The van der Waals surface area contributed by atoms with Crippen LogP contribution in [0.1, 0.15) is 57.3 Å². The molecule has 1 aromatic heterocycles. The third kappa shape index (κ3) is 2.87. The minimum Gasteiger partial charge on any atom is -0.458 e. The first-order chi connectivity index (χ1) is 9.98. The second kappa shape index (κ2) is 5.49. The number of furan rings is 1. The van der Waals surface area contributed by atoms with Gasteiger partial charge in [-0.2, -0.15) is 0 Å². The maximum atomic E-state index is 11.1. The Labute approximate surface area is 127 Å². The molecule has 0 aliphatic heterocycles. The highest BCUT2D eigenvalue weighted by Crippen LogP contribution is 2.41. The molecule has 1 aromatic carbocycles. The molecule has 1 N–H and O–H groups in total. The second-order valence-corrected chi connectivity index (χ2v) is 7.12. The number of rotatable bonds is 2. The van der Waals surface area contributed by atoms with E-state index in [1.165, 1.54) is 12.0 Å². The summed E-state index contributed by atoms with van der Waals surface area (Å²) in [5.41, 5.74) is 1.33. The van der Waals surface area contributed by atoms with E-state index in [4.69, 9.17) is 4.42 Å². The van der Waals surface area contributed by atoms with Crippen molar-refractivity contribution in [2.75, 3.05) is 0 Å². The van der Waals surface area contributed by atoms with Gasteiger partial charge in [0.2, 0.25) is 0 Å². The lowest BCUT2D eigenvalue weighted by molar-refractivity contribution is -0.000276. The van der Waals surface area contributed by atoms with Gasteiger partial charge in [-0.15, -0.1) is 0 Å². The summed E-state index contributed by atoms with van der Waals surface area (Å²) < 4.78 is 5.97.